The van der Waals surface area contributed by atoms with E-state index >= 15 is 0 Å². The molecule has 0 aliphatic carbocycles. The number of rotatable bonds is 6. The van der Waals surface area contributed by atoms with Crippen LogP contribution in [0, 0.1) is 30.9 Å². The molecule has 2 aromatic rings. The van der Waals surface area contributed by atoms with Crippen LogP contribution in [0.25, 0.3) is 0 Å². The van der Waals surface area contributed by atoms with Crippen molar-refractivity contribution in [1.82, 2.24) is 10.2 Å². The number of aliphatic hydroxyl groups is 1. The number of ether oxygens (including phenoxy) is 1. The van der Waals surface area contributed by atoms with Crippen molar-refractivity contribution in [3.8, 4) is 11.5 Å². The molecular formula is C27H34N4O7. The predicted octanol–water partition coefficient (Wildman–Crippen LogP) is 2.14. The molecule has 3 N–H and O–H groups in total. The maximum Gasteiger partial charge on any atom is 0.269 e. The summed E-state index contributed by atoms with van der Waals surface area (Å²) in [5, 5.41) is 33.9. The van der Waals surface area contributed by atoms with E-state index < -0.39 is 29.1 Å². The number of amides is 2. The lowest BCUT2D eigenvalue weighted by atomic mass is 9.86. The maximum absolute atomic E-state index is 13.3. The Labute approximate surface area is 221 Å². The second-order valence-electron chi connectivity index (χ2n) is 10.2. The molecule has 2 amide bonds. The lowest BCUT2D eigenvalue weighted by Crippen LogP contribution is -2.60. The third kappa shape index (κ3) is 4.98. The molecule has 0 radical (unpaired) electrons. The summed E-state index contributed by atoms with van der Waals surface area (Å²) in [5.41, 5.74) is 2.67. The van der Waals surface area contributed by atoms with Crippen molar-refractivity contribution in [3.05, 3.63) is 56.6 Å². The van der Waals surface area contributed by atoms with Gasteiger partial charge in [0.05, 0.1) is 11.5 Å². The first-order valence-electron chi connectivity index (χ1n) is 12.7. The van der Waals surface area contributed by atoms with Gasteiger partial charge >= 0.3 is 0 Å². The van der Waals surface area contributed by atoms with Gasteiger partial charge < -0.3 is 30.1 Å². The minimum absolute atomic E-state index is 0.0156. The summed E-state index contributed by atoms with van der Waals surface area (Å²) < 4.78 is 6.21. The first-order chi connectivity index (χ1) is 18.0. The van der Waals surface area contributed by atoms with Crippen LogP contribution in [0.3, 0.4) is 0 Å². The molecule has 1 unspecified atom stereocenters. The molecule has 2 heterocycles. The Morgan fingerprint density at radius 2 is 1.74 bits per heavy atom. The molecule has 2 aliphatic rings. The van der Waals surface area contributed by atoms with Crippen LogP contribution in [-0.2, 0) is 16.0 Å². The number of nitro benzene ring substituents is 1. The summed E-state index contributed by atoms with van der Waals surface area (Å²) in [5.74, 6) is -0.0480. The number of aliphatic hydroxyl groups excluding tert-OH is 1. The van der Waals surface area contributed by atoms with Crippen LogP contribution in [0.5, 0.6) is 11.5 Å². The molecule has 0 saturated carbocycles. The Bertz CT molecular complexity index is 1260. The van der Waals surface area contributed by atoms with Crippen LogP contribution in [-0.4, -0.2) is 76.3 Å². The number of carbonyl (C=O) groups excluding carboxylic acids is 2. The molecule has 1 saturated heterocycles. The Kier molecular flexibility index (Phi) is 7.50. The van der Waals surface area contributed by atoms with Gasteiger partial charge in [0.2, 0.25) is 5.91 Å². The molecule has 2 aliphatic heterocycles. The van der Waals surface area contributed by atoms with Crippen LogP contribution >= 0.6 is 0 Å². The van der Waals surface area contributed by atoms with Gasteiger partial charge in [0.1, 0.15) is 17.5 Å². The molecule has 11 heteroatoms. The van der Waals surface area contributed by atoms with Crippen molar-refractivity contribution in [1.29, 1.82) is 0 Å². The summed E-state index contributed by atoms with van der Waals surface area (Å²) >= 11 is 0. The van der Waals surface area contributed by atoms with E-state index in [0.29, 0.717) is 50.3 Å². The van der Waals surface area contributed by atoms with E-state index in [4.69, 9.17) is 4.74 Å². The summed E-state index contributed by atoms with van der Waals surface area (Å²) in [6.45, 7) is 8.37. The molecule has 0 aromatic heterocycles. The fourth-order valence-corrected chi connectivity index (χ4v) is 5.09. The number of nitro groups is 1. The number of benzene rings is 2. The number of fused-ring (bicyclic) bond motifs is 1. The monoisotopic (exact) mass is 526 g/mol. The number of non-ortho nitro benzene ring substituents is 1. The van der Waals surface area contributed by atoms with E-state index in [1.54, 1.807) is 30.9 Å². The van der Waals surface area contributed by atoms with Crippen molar-refractivity contribution in [3.63, 3.8) is 0 Å². The Hall–Kier alpha value is -3.86. The molecule has 0 spiro atoms. The number of piperazine rings is 1. The number of hydrogen-bond donors (Lipinski definition) is 3. The number of aromatic hydroxyl groups is 1. The van der Waals surface area contributed by atoms with Crippen molar-refractivity contribution >= 4 is 23.2 Å². The highest BCUT2D eigenvalue weighted by Crippen LogP contribution is 2.43. The summed E-state index contributed by atoms with van der Waals surface area (Å²) in [7, 11) is 0. The number of carbonyl (C=O) groups is 2. The zero-order chi connectivity index (χ0) is 27.8. The van der Waals surface area contributed by atoms with E-state index in [2.05, 4.69) is 5.32 Å². The standard InChI is InChI=1S/C27H34N4O7/c1-16-17(2)24-21(18(3)23(16)33)9-10-27(4,38-24)26(35)28-22(15-32)25(34)30-13-11-29(12-14-30)19-5-7-20(8-6-19)31(36)37/h5-8,22,32-33H,9-15H2,1-4H3,(H,28,35)/t22-,27?/m0/s1. The molecule has 11 nitrogen and oxygen atoms in total. The summed E-state index contributed by atoms with van der Waals surface area (Å²) in [6, 6.07) is 5.15. The fraction of sp³-hybridized carbons (Fsp3) is 0.481. The smallest absolute Gasteiger partial charge is 0.269 e. The maximum atomic E-state index is 13.3. The zero-order valence-electron chi connectivity index (χ0n) is 22.1. The lowest BCUT2D eigenvalue weighted by molar-refractivity contribution is -0.384. The van der Waals surface area contributed by atoms with Crippen LogP contribution in [0.2, 0.25) is 0 Å². The summed E-state index contributed by atoms with van der Waals surface area (Å²) in [4.78, 5) is 40.6. The lowest BCUT2D eigenvalue weighted by Gasteiger charge is -2.39. The first-order valence-corrected chi connectivity index (χ1v) is 12.7. The zero-order valence-corrected chi connectivity index (χ0v) is 22.1. The second-order valence-corrected chi connectivity index (χ2v) is 10.2. The van der Waals surface area contributed by atoms with Crippen LogP contribution in [0.4, 0.5) is 11.4 Å². The molecule has 2 aromatic carbocycles. The van der Waals surface area contributed by atoms with E-state index in [-0.39, 0.29) is 17.3 Å². The highest BCUT2D eigenvalue weighted by Gasteiger charge is 2.42. The minimum atomic E-state index is -1.24. The predicted molar refractivity (Wildman–Crippen MR) is 141 cm³/mol. The van der Waals surface area contributed by atoms with Gasteiger partial charge in [-0.1, -0.05) is 0 Å². The van der Waals surface area contributed by atoms with Crippen molar-refractivity contribution < 1.29 is 29.5 Å². The quantitative estimate of drug-likeness (QED) is 0.383. The molecular weight excluding hydrogens is 492 g/mol. The van der Waals surface area contributed by atoms with Crippen molar-refractivity contribution in [2.75, 3.05) is 37.7 Å². The largest absolute Gasteiger partial charge is 0.507 e. The molecule has 2 atom stereocenters. The first kappa shape index (κ1) is 27.2. The second kappa shape index (κ2) is 10.5. The number of hydrogen-bond acceptors (Lipinski definition) is 8. The van der Waals surface area contributed by atoms with Gasteiger partial charge in [-0.3, -0.25) is 19.7 Å². The van der Waals surface area contributed by atoms with E-state index in [0.717, 1.165) is 22.4 Å². The van der Waals surface area contributed by atoms with Gasteiger partial charge in [-0.15, -0.1) is 0 Å². The fourth-order valence-electron chi connectivity index (χ4n) is 5.09. The number of phenolic OH excluding ortho intramolecular Hbond substituents is 1. The van der Waals surface area contributed by atoms with Crippen LogP contribution in [0.15, 0.2) is 24.3 Å². The molecule has 38 heavy (non-hydrogen) atoms. The van der Waals surface area contributed by atoms with E-state index in [1.165, 1.54) is 12.1 Å². The van der Waals surface area contributed by atoms with Gasteiger partial charge in [-0.2, -0.15) is 0 Å². The van der Waals surface area contributed by atoms with Gasteiger partial charge in [-0.05, 0) is 62.9 Å². The van der Waals surface area contributed by atoms with Crippen LogP contribution in [0.1, 0.15) is 35.6 Å². The van der Waals surface area contributed by atoms with Crippen LogP contribution < -0.4 is 15.0 Å². The van der Waals surface area contributed by atoms with Crippen molar-refractivity contribution in [2.24, 2.45) is 0 Å². The Morgan fingerprint density at radius 3 is 2.32 bits per heavy atom. The summed E-state index contributed by atoms with van der Waals surface area (Å²) in [6.07, 6.45) is 0.886. The van der Waals surface area contributed by atoms with Gasteiger partial charge in [0, 0.05) is 56.0 Å². The average Bonchev–Trinajstić information content (AvgIpc) is 2.93. The van der Waals surface area contributed by atoms with E-state index in [1.807, 2.05) is 18.7 Å². The topological polar surface area (TPSA) is 145 Å². The van der Waals surface area contributed by atoms with Gasteiger partial charge in [-0.25, -0.2) is 0 Å². The van der Waals surface area contributed by atoms with Gasteiger partial charge in [0.15, 0.2) is 5.60 Å². The third-order valence-corrected chi connectivity index (χ3v) is 7.80. The Morgan fingerprint density at radius 1 is 1.11 bits per heavy atom. The van der Waals surface area contributed by atoms with Crippen molar-refractivity contribution in [2.45, 2.75) is 52.2 Å². The number of nitrogens with zero attached hydrogens (tertiary/aromatic N) is 3. The highest BCUT2D eigenvalue weighted by atomic mass is 16.6. The average molecular weight is 527 g/mol. The SMILES string of the molecule is Cc1c(C)c2c(c(C)c1O)CCC(C)(C(=O)N[C@@H](CO)C(=O)N1CCN(c3ccc([N+](=O)[O-])cc3)CC1)O2. The Balaban J connectivity index is 1.39. The minimum Gasteiger partial charge on any atom is -0.507 e. The number of anilines is 1. The normalized spacial score (nSPS) is 19.8. The molecule has 0 bridgehead atoms. The molecule has 4 rings (SSSR count). The molecule has 204 valence electrons. The number of phenols is 1. The highest BCUT2D eigenvalue weighted by molar-refractivity contribution is 5.92. The van der Waals surface area contributed by atoms with Gasteiger partial charge in [0.25, 0.3) is 11.6 Å². The third-order valence-electron chi connectivity index (χ3n) is 7.80. The molecule has 1 fully saturated rings. The number of nitrogens with one attached hydrogen (secondary N) is 1. The van der Waals surface area contributed by atoms with E-state index in [9.17, 15) is 29.9 Å².